The van der Waals surface area contributed by atoms with Gasteiger partial charge in [0.25, 0.3) is 0 Å². The second kappa shape index (κ2) is 16.9. The highest BCUT2D eigenvalue weighted by Crippen LogP contribution is 2.44. The molecule has 0 saturated carbocycles. The number of ether oxygens (including phenoxy) is 3. The number of aryl methyl sites for hydroxylation is 3. The van der Waals surface area contributed by atoms with Gasteiger partial charge in [-0.1, -0.05) is 56.3 Å². The van der Waals surface area contributed by atoms with Crippen LogP contribution in [0.15, 0.2) is 71.1 Å². The molecule has 0 aliphatic carbocycles. The van der Waals surface area contributed by atoms with Crippen LogP contribution in [-0.2, 0) is 33.7 Å². The Morgan fingerprint density at radius 1 is 0.887 bits per heavy atom. The fourth-order valence-electron chi connectivity index (χ4n) is 5.62. The molecule has 3 heterocycles. The molecule has 5 aromatic rings. The van der Waals surface area contributed by atoms with Crippen molar-refractivity contribution in [3.05, 3.63) is 111 Å². The molecule has 0 aliphatic heterocycles. The number of pyridine rings is 1. The third-order valence-electron chi connectivity index (χ3n) is 7.98. The number of thiophene rings is 1. The molecule has 1 N–H and O–H groups in total. The number of esters is 2. The lowest BCUT2D eigenvalue weighted by atomic mass is 9.89. The van der Waals surface area contributed by atoms with Crippen molar-refractivity contribution in [3.63, 3.8) is 0 Å². The van der Waals surface area contributed by atoms with Crippen LogP contribution in [-0.4, -0.2) is 45.4 Å². The predicted molar refractivity (Wildman–Crippen MR) is 198 cm³/mol. The average Bonchev–Trinajstić information content (AvgIpc) is 3.78. The number of amides is 1. The standard InChI is InChI=1S/C40H43FN4O7S/c1-8-49-38(47)33-32(29-20-21-30(53-29)37(46)50-22-26-12-10-9-11-13-26)31(36-45-44-24(4)51-36)28(19-16-25-14-17-27(41)18-15-25)42-35(33)34(23(2)3)43-39(48)52-40(5,6)7/h9-15,17-18,20-21,23,34H,8,16,19,22H2,1-7H3,(H,43,48)/t34-/m0/s1. The van der Waals surface area contributed by atoms with E-state index in [0.29, 0.717) is 34.5 Å². The Morgan fingerprint density at radius 3 is 2.23 bits per heavy atom. The summed E-state index contributed by atoms with van der Waals surface area (Å²) in [7, 11) is 0. The summed E-state index contributed by atoms with van der Waals surface area (Å²) in [6, 6.07) is 18.0. The van der Waals surface area contributed by atoms with Crippen LogP contribution in [0.25, 0.3) is 21.9 Å². The summed E-state index contributed by atoms with van der Waals surface area (Å²) in [4.78, 5) is 46.7. The van der Waals surface area contributed by atoms with E-state index in [2.05, 4.69) is 15.5 Å². The minimum atomic E-state index is -0.832. The van der Waals surface area contributed by atoms with Gasteiger partial charge in [-0.05, 0) is 81.8 Å². The first kappa shape index (κ1) is 38.8. The van der Waals surface area contributed by atoms with E-state index in [1.807, 2.05) is 44.2 Å². The second-order valence-electron chi connectivity index (χ2n) is 13.6. The number of alkyl carbamates (subject to hydrolysis) is 1. The van der Waals surface area contributed by atoms with Gasteiger partial charge >= 0.3 is 18.0 Å². The number of aromatic nitrogens is 3. The largest absolute Gasteiger partial charge is 0.462 e. The summed E-state index contributed by atoms with van der Waals surface area (Å²) in [6.45, 7) is 12.5. The molecule has 0 bridgehead atoms. The monoisotopic (exact) mass is 742 g/mol. The van der Waals surface area contributed by atoms with Gasteiger partial charge in [0.1, 0.15) is 22.9 Å². The fraction of sp³-hybridized carbons (Fsp3) is 0.350. The third-order valence-corrected chi connectivity index (χ3v) is 9.07. The van der Waals surface area contributed by atoms with Crippen molar-refractivity contribution in [1.82, 2.24) is 20.5 Å². The Labute approximate surface area is 311 Å². The number of nitrogens with zero attached hydrogens (tertiary/aromatic N) is 3. The lowest BCUT2D eigenvalue weighted by Gasteiger charge is -2.28. The van der Waals surface area contributed by atoms with Crippen LogP contribution in [0.5, 0.6) is 0 Å². The third kappa shape index (κ3) is 9.92. The van der Waals surface area contributed by atoms with E-state index in [9.17, 15) is 18.8 Å². The quantitative estimate of drug-likeness (QED) is 0.0918. The summed E-state index contributed by atoms with van der Waals surface area (Å²) in [6.07, 6.45) is 0.0248. The molecule has 278 valence electrons. The number of carbonyl (C=O) groups is 3. The zero-order valence-electron chi connectivity index (χ0n) is 30.8. The van der Waals surface area contributed by atoms with Gasteiger partial charge < -0.3 is 23.9 Å². The minimum absolute atomic E-state index is 0.0480. The Morgan fingerprint density at radius 2 is 1.60 bits per heavy atom. The second-order valence-corrected chi connectivity index (χ2v) is 14.7. The molecule has 1 atom stereocenters. The zero-order valence-corrected chi connectivity index (χ0v) is 31.6. The molecule has 5 rings (SSSR count). The lowest BCUT2D eigenvalue weighted by molar-refractivity contribution is 0.0469. The number of hydrogen-bond acceptors (Lipinski definition) is 11. The number of hydrogen-bond donors (Lipinski definition) is 1. The molecule has 53 heavy (non-hydrogen) atoms. The van der Waals surface area contributed by atoms with E-state index >= 15 is 0 Å². The summed E-state index contributed by atoms with van der Waals surface area (Å²) < 4.78 is 36.7. The first-order valence-electron chi connectivity index (χ1n) is 17.3. The van der Waals surface area contributed by atoms with Crippen molar-refractivity contribution in [2.24, 2.45) is 5.92 Å². The maximum Gasteiger partial charge on any atom is 0.408 e. The van der Waals surface area contributed by atoms with Gasteiger partial charge in [0.05, 0.1) is 35.2 Å². The van der Waals surface area contributed by atoms with Gasteiger partial charge in [-0.2, -0.15) is 0 Å². The molecule has 0 radical (unpaired) electrons. The Kier molecular flexibility index (Phi) is 12.4. The van der Waals surface area contributed by atoms with Crippen LogP contribution in [0.2, 0.25) is 0 Å². The van der Waals surface area contributed by atoms with E-state index in [1.54, 1.807) is 58.9 Å². The molecule has 0 saturated heterocycles. The molecular weight excluding hydrogens is 700 g/mol. The Balaban J connectivity index is 1.74. The summed E-state index contributed by atoms with van der Waals surface area (Å²) in [5, 5.41) is 11.4. The predicted octanol–water partition coefficient (Wildman–Crippen LogP) is 8.85. The minimum Gasteiger partial charge on any atom is -0.462 e. The van der Waals surface area contributed by atoms with E-state index in [-0.39, 0.29) is 52.9 Å². The SMILES string of the molecule is CCOC(=O)c1c([C@@H](NC(=O)OC(C)(C)C)C(C)C)nc(CCc2ccc(F)cc2)c(-c2nnc(C)o2)c1-c1ccc(C(=O)OCc2ccccc2)s1. The van der Waals surface area contributed by atoms with Gasteiger partial charge in [-0.15, -0.1) is 21.5 Å². The number of nitrogens with one attached hydrogen (secondary N) is 1. The lowest BCUT2D eigenvalue weighted by Crippen LogP contribution is -2.38. The maximum absolute atomic E-state index is 14.2. The van der Waals surface area contributed by atoms with Crippen LogP contribution < -0.4 is 5.32 Å². The molecule has 0 aliphatic rings. The molecule has 0 fully saturated rings. The van der Waals surface area contributed by atoms with Gasteiger partial charge in [0, 0.05) is 17.4 Å². The average molecular weight is 743 g/mol. The van der Waals surface area contributed by atoms with Crippen LogP contribution >= 0.6 is 11.3 Å². The smallest absolute Gasteiger partial charge is 0.408 e. The van der Waals surface area contributed by atoms with Crippen LogP contribution in [0.3, 0.4) is 0 Å². The van der Waals surface area contributed by atoms with Gasteiger partial charge in [0.2, 0.25) is 11.8 Å². The van der Waals surface area contributed by atoms with Gasteiger partial charge in [0.15, 0.2) is 0 Å². The number of halogens is 1. The molecule has 2 aromatic carbocycles. The summed E-state index contributed by atoms with van der Waals surface area (Å²) in [5.74, 6) is -1.52. The Bertz CT molecular complexity index is 2050. The fourth-order valence-corrected chi connectivity index (χ4v) is 6.58. The highest BCUT2D eigenvalue weighted by Gasteiger charge is 2.35. The number of rotatable bonds is 13. The van der Waals surface area contributed by atoms with E-state index in [4.69, 9.17) is 23.6 Å². The molecule has 0 unspecified atom stereocenters. The maximum atomic E-state index is 14.2. The van der Waals surface area contributed by atoms with E-state index in [1.165, 1.54) is 12.1 Å². The highest BCUT2D eigenvalue weighted by atomic mass is 32.1. The normalized spacial score (nSPS) is 12.0. The Hall–Kier alpha value is -5.43. The van der Waals surface area contributed by atoms with Crippen molar-refractivity contribution < 1.29 is 37.4 Å². The first-order valence-corrected chi connectivity index (χ1v) is 18.1. The number of carbonyl (C=O) groups excluding carboxylic acids is 3. The van der Waals surface area contributed by atoms with Crippen LogP contribution in [0, 0.1) is 18.7 Å². The van der Waals surface area contributed by atoms with Crippen molar-refractivity contribution in [1.29, 1.82) is 0 Å². The van der Waals surface area contributed by atoms with Crippen molar-refractivity contribution in [3.8, 4) is 21.9 Å². The zero-order chi connectivity index (χ0) is 38.3. The summed E-state index contributed by atoms with van der Waals surface area (Å²) >= 11 is 1.12. The molecule has 13 heteroatoms. The van der Waals surface area contributed by atoms with E-state index < -0.39 is 29.7 Å². The van der Waals surface area contributed by atoms with Crippen molar-refractivity contribution in [2.75, 3.05) is 6.61 Å². The number of benzene rings is 2. The molecule has 1 amide bonds. The molecular formula is C40H43FN4O7S. The molecule has 3 aromatic heterocycles. The van der Waals surface area contributed by atoms with Crippen LogP contribution in [0.4, 0.5) is 9.18 Å². The van der Waals surface area contributed by atoms with Crippen molar-refractivity contribution >= 4 is 29.4 Å². The van der Waals surface area contributed by atoms with Crippen LogP contribution in [0.1, 0.15) is 96.0 Å². The topological polar surface area (TPSA) is 143 Å². The van der Waals surface area contributed by atoms with Gasteiger partial charge in [-0.25, -0.2) is 18.8 Å². The first-order chi connectivity index (χ1) is 25.2. The van der Waals surface area contributed by atoms with E-state index in [0.717, 1.165) is 22.5 Å². The highest BCUT2D eigenvalue weighted by molar-refractivity contribution is 7.17. The van der Waals surface area contributed by atoms with Crippen molar-refractivity contribution in [2.45, 2.75) is 79.6 Å². The summed E-state index contributed by atoms with van der Waals surface area (Å²) in [5.41, 5.74) is 2.34. The molecule has 0 spiro atoms. The van der Waals surface area contributed by atoms with Gasteiger partial charge in [-0.3, -0.25) is 4.98 Å². The molecule has 11 nitrogen and oxygen atoms in total.